The number of rotatable bonds is 5. The molecular formula is C11H20N4O2S. The lowest BCUT2D eigenvalue weighted by Gasteiger charge is -2.27. The molecule has 0 atom stereocenters. The first-order chi connectivity index (χ1) is 8.57. The smallest absolute Gasteiger partial charge is 0.246 e. The largest absolute Gasteiger partial charge is 0.329 e. The highest BCUT2D eigenvalue weighted by Crippen LogP contribution is 2.28. The molecule has 102 valence electrons. The third kappa shape index (κ3) is 2.43. The molecule has 2 rings (SSSR count). The number of nitrogens with zero attached hydrogens (tertiary/aromatic N) is 2. The van der Waals surface area contributed by atoms with Gasteiger partial charge in [0.05, 0.1) is 11.9 Å². The fourth-order valence-electron chi connectivity index (χ4n) is 2.54. The minimum absolute atomic E-state index is 0.0906. The van der Waals surface area contributed by atoms with E-state index in [-0.39, 0.29) is 10.9 Å². The number of hydrogen-bond donors (Lipinski definition) is 2. The van der Waals surface area contributed by atoms with Gasteiger partial charge in [0.2, 0.25) is 10.0 Å². The first kappa shape index (κ1) is 13.5. The molecule has 1 fully saturated rings. The molecule has 0 spiro atoms. The monoisotopic (exact) mass is 272 g/mol. The molecule has 18 heavy (non-hydrogen) atoms. The molecule has 0 saturated heterocycles. The fraction of sp³-hybridized carbons (Fsp3) is 0.727. The summed E-state index contributed by atoms with van der Waals surface area (Å²) in [5.41, 5.74) is 6.13. The molecule has 0 bridgehead atoms. The number of aryl methyl sites for hydroxylation is 1. The van der Waals surface area contributed by atoms with Crippen molar-refractivity contribution in [2.75, 3.05) is 13.1 Å². The Morgan fingerprint density at radius 1 is 1.50 bits per heavy atom. The Hall–Kier alpha value is -0.920. The molecule has 0 aliphatic heterocycles. The van der Waals surface area contributed by atoms with Gasteiger partial charge in [-0.3, -0.25) is 5.10 Å². The van der Waals surface area contributed by atoms with Crippen molar-refractivity contribution in [3.63, 3.8) is 0 Å². The molecule has 7 heteroatoms. The number of nitrogens with two attached hydrogens (primary N) is 1. The number of aromatic amines is 1. The van der Waals surface area contributed by atoms with Gasteiger partial charge in [-0.15, -0.1) is 0 Å². The number of hydrogen-bond acceptors (Lipinski definition) is 4. The van der Waals surface area contributed by atoms with Gasteiger partial charge >= 0.3 is 0 Å². The summed E-state index contributed by atoms with van der Waals surface area (Å²) in [5.74, 6) is 0. The van der Waals surface area contributed by atoms with Crippen LogP contribution in [0, 0.1) is 6.92 Å². The lowest BCUT2D eigenvalue weighted by Crippen LogP contribution is -2.42. The molecule has 0 aromatic carbocycles. The third-order valence-electron chi connectivity index (χ3n) is 3.45. The summed E-state index contributed by atoms with van der Waals surface area (Å²) in [5, 5.41) is 6.47. The van der Waals surface area contributed by atoms with Gasteiger partial charge in [-0.2, -0.15) is 9.40 Å². The maximum atomic E-state index is 12.6. The first-order valence-corrected chi connectivity index (χ1v) is 7.73. The van der Waals surface area contributed by atoms with Crippen molar-refractivity contribution in [2.24, 2.45) is 5.73 Å². The van der Waals surface area contributed by atoms with E-state index in [0.717, 1.165) is 25.7 Å². The van der Waals surface area contributed by atoms with Crippen molar-refractivity contribution < 1.29 is 8.42 Å². The van der Waals surface area contributed by atoms with Crippen molar-refractivity contribution in [1.29, 1.82) is 0 Å². The summed E-state index contributed by atoms with van der Waals surface area (Å²) < 4.78 is 26.8. The lowest BCUT2D eigenvalue weighted by atomic mass is 10.2. The molecule has 1 aromatic rings. The van der Waals surface area contributed by atoms with Crippen molar-refractivity contribution in [3.05, 3.63) is 11.9 Å². The summed E-state index contributed by atoms with van der Waals surface area (Å²) in [6.45, 7) is 2.43. The topological polar surface area (TPSA) is 92.1 Å². The van der Waals surface area contributed by atoms with E-state index < -0.39 is 10.0 Å². The highest BCUT2D eigenvalue weighted by atomic mass is 32.2. The summed E-state index contributed by atoms with van der Waals surface area (Å²) in [7, 11) is -3.47. The predicted octanol–water partition coefficient (Wildman–Crippen LogP) is 0.610. The highest BCUT2D eigenvalue weighted by Gasteiger charge is 2.34. The Morgan fingerprint density at radius 3 is 2.67 bits per heavy atom. The Kier molecular flexibility index (Phi) is 4.04. The molecule has 1 heterocycles. The minimum Gasteiger partial charge on any atom is -0.329 e. The average molecular weight is 272 g/mol. The van der Waals surface area contributed by atoms with E-state index in [9.17, 15) is 8.42 Å². The van der Waals surface area contributed by atoms with Crippen LogP contribution in [0.3, 0.4) is 0 Å². The maximum Gasteiger partial charge on any atom is 0.246 e. The van der Waals surface area contributed by atoms with Gasteiger partial charge < -0.3 is 5.73 Å². The molecular weight excluding hydrogens is 252 g/mol. The Balaban J connectivity index is 2.32. The number of aromatic nitrogens is 2. The summed E-state index contributed by atoms with van der Waals surface area (Å²) in [6.07, 6.45) is 5.41. The quantitative estimate of drug-likeness (QED) is 0.821. The maximum absolute atomic E-state index is 12.6. The van der Waals surface area contributed by atoms with E-state index in [1.165, 1.54) is 6.20 Å². The molecule has 1 aliphatic rings. The molecule has 0 amide bonds. The van der Waals surface area contributed by atoms with Crippen molar-refractivity contribution in [2.45, 2.75) is 43.5 Å². The van der Waals surface area contributed by atoms with Gasteiger partial charge in [-0.05, 0) is 19.8 Å². The van der Waals surface area contributed by atoms with Crippen LogP contribution in [0.1, 0.15) is 31.4 Å². The van der Waals surface area contributed by atoms with Gasteiger partial charge in [0, 0.05) is 19.1 Å². The predicted molar refractivity (Wildman–Crippen MR) is 68.5 cm³/mol. The van der Waals surface area contributed by atoms with Crippen LogP contribution >= 0.6 is 0 Å². The van der Waals surface area contributed by atoms with Crippen molar-refractivity contribution in [1.82, 2.24) is 14.5 Å². The zero-order valence-corrected chi connectivity index (χ0v) is 11.4. The number of H-pyrrole nitrogens is 1. The second-order valence-electron chi connectivity index (χ2n) is 4.70. The Morgan fingerprint density at radius 2 is 2.17 bits per heavy atom. The van der Waals surface area contributed by atoms with Gasteiger partial charge in [-0.1, -0.05) is 12.8 Å². The van der Waals surface area contributed by atoms with Crippen LogP contribution in [0.2, 0.25) is 0 Å². The SMILES string of the molecule is Cc1[nH]ncc1S(=O)(=O)N(CCN)C1CCCC1. The van der Waals surface area contributed by atoms with E-state index in [4.69, 9.17) is 5.73 Å². The minimum atomic E-state index is -3.47. The highest BCUT2D eigenvalue weighted by molar-refractivity contribution is 7.89. The molecule has 0 unspecified atom stereocenters. The van der Waals surface area contributed by atoms with Crippen LogP contribution in [0.25, 0.3) is 0 Å². The van der Waals surface area contributed by atoms with Crippen molar-refractivity contribution in [3.8, 4) is 0 Å². The van der Waals surface area contributed by atoms with Gasteiger partial charge in [0.1, 0.15) is 4.90 Å². The third-order valence-corrected chi connectivity index (χ3v) is 5.52. The van der Waals surface area contributed by atoms with E-state index in [2.05, 4.69) is 10.2 Å². The number of sulfonamides is 1. The molecule has 3 N–H and O–H groups in total. The van der Waals surface area contributed by atoms with Gasteiger partial charge in [0.15, 0.2) is 0 Å². The molecule has 1 aliphatic carbocycles. The zero-order valence-electron chi connectivity index (χ0n) is 10.6. The molecule has 1 aromatic heterocycles. The standard InChI is InChI=1S/C11H20N4O2S/c1-9-11(8-13-14-9)18(16,17)15(7-6-12)10-4-2-3-5-10/h8,10H,2-7,12H2,1H3,(H,13,14). The van der Waals surface area contributed by atoms with E-state index >= 15 is 0 Å². The second kappa shape index (κ2) is 5.38. The van der Waals surface area contributed by atoms with E-state index in [1.54, 1.807) is 11.2 Å². The van der Waals surface area contributed by atoms with Crippen LogP contribution < -0.4 is 5.73 Å². The summed E-state index contributed by atoms with van der Waals surface area (Å²) in [4.78, 5) is 0.267. The second-order valence-corrected chi connectivity index (χ2v) is 6.56. The fourth-order valence-corrected chi connectivity index (χ4v) is 4.36. The molecule has 1 saturated carbocycles. The van der Waals surface area contributed by atoms with Crippen LogP contribution in [0.4, 0.5) is 0 Å². The van der Waals surface area contributed by atoms with Crippen LogP contribution in [0.5, 0.6) is 0 Å². The Labute approximate surface area is 108 Å². The van der Waals surface area contributed by atoms with Gasteiger partial charge in [-0.25, -0.2) is 8.42 Å². The number of nitrogens with one attached hydrogen (secondary N) is 1. The average Bonchev–Trinajstić information content (AvgIpc) is 2.96. The summed E-state index contributed by atoms with van der Waals surface area (Å²) in [6, 6.07) is 0.0906. The van der Waals surface area contributed by atoms with Crippen LogP contribution in [-0.2, 0) is 10.0 Å². The Bertz CT molecular complexity index is 491. The lowest BCUT2D eigenvalue weighted by molar-refractivity contribution is 0.328. The van der Waals surface area contributed by atoms with Crippen LogP contribution in [-0.4, -0.2) is 42.1 Å². The van der Waals surface area contributed by atoms with Crippen LogP contribution in [0.15, 0.2) is 11.1 Å². The van der Waals surface area contributed by atoms with Gasteiger partial charge in [0.25, 0.3) is 0 Å². The summed E-state index contributed by atoms with van der Waals surface area (Å²) >= 11 is 0. The van der Waals surface area contributed by atoms with E-state index in [1.807, 2.05) is 0 Å². The van der Waals surface area contributed by atoms with E-state index in [0.29, 0.717) is 18.8 Å². The normalized spacial score (nSPS) is 17.7. The first-order valence-electron chi connectivity index (χ1n) is 6.29. The molecule has 6 nitrogen and oxygen atoms in total. The molecule has 0 radical (unpaired) electrons. The van der Waals surface area contributed by atoms with Crippen molar-refractivity contribution >= 4 is 10.0 Å². The zero-order chi connectivity index (χ0) is 13.2.